The van der Waals surface area contributed by atoms with Gasteiger partial charge in [-0.15, -0.1) is 10.2 Å². The third-order valence-corrected chi connectivity index (χ3v) is 3.68. The summed E-state index contributed by atoms with van der Waals surface area (Å²) in [6.07, 6.45) is 8.88. The molecule has 0 aromatic carbocycles. The minimum atomic E-state index is 0.624. The van der Waals surface area contributed by atoms with Crippen molar-refractivity contribution in [2.24, 2.45) is 0 Å². The summed E-state index contributed by atoms with van der Waals surface area (Å²) in [4.78, 5) is 6.80. The van der Waals surface area contributed by atoms with Crippen LogP contribution in [0.4, 0.5) is 5.82 Å². The molecule has 3 heterocycles. The van der Waals surface area contributed by atoms with E-state index in [-0.39, 0.29) is 0 Å². The molecule has 5 heteroatoms. The smallest absolute Gasteiger partial charge is 0.203 e. The third kappa shape index (κ3) is 1.41. The molecule has 0 atom stereocenters. The summed E-state index contributed by atoms with van der Waals surface area (Å²) in [5, 5.41) is 8.67. The van der Waals surface area contributed by atoms with E-state index in [1.807, 2.05) is 12.4 Å². The van der Waals surface area contributed by atoms with Gasteiger partial charge in [0.2, 0.25) is 5.65 Å². The van der Waals surface area contributed by atoms with E-state index >= 15 is 0 Å². The number of nitrogens with zero attached hydrogens (tertiary/aromatic N) is 5. The summed E-state index contributed by atoms with van der Waals surface area (Å²) in [5.41, 5.74) is 0.927. The molecule has 88 valence electrons. The molecule has 17 heavy (non-hydrogen) atoms. The molecule has 2 aromatic heterocycles. The fraction of sp³-hybridized carbons (Fsp3) is 0.583. The quantitative estimate of drug-likeness (QED) is 0.784. The molecule has 0 N–H and O–H groups in total. The number of hydrogen-bond donors (Lipinski definition) is 0. The largest absolute Gasteiger partial charge is 0.353 e. The van der Waals surface area contributed by atoms with Crippen LogP contribution >= 0.6 is 0 Å². The van der Waals surface area contributed by atoms with Crippen LogP contribution in [0.2, 0.25) is 0 Å². The van der Waals surface area contributed by atoms with Gasteiger partial charge in [0, 0.05) is 31.4 Å². The number of rotatable bonds is 2. The number of fused-ring (bicyclic) bond motifs is 1. The molecule has 0 unspecified atom stereocenters. The lowest BCUT2D eigenvalue weighted by Crippen LogP contribution is -2.20. The molecule has 2 aliphatic rings. The lowest BCUT2D eigenvalue weighted by molar-refractivity contribution is 0.888. The number of anilines is 1. The molecular weight excluding hydrogens is 214 g/mol. The van der Waals surface area contributed by atoms with Gasteiger partial charge in [0.05, 0.1) is 0 Å². The van der Waals surface area contributed by atoms with Gasteiger partial charge in [-0.3, -0.25) is 4.40 Å². The lowest BCUT2D eigenvalue weighted by Gasteiger charge is -2.16. The van der Waals surface area contributed by atoms with E-state index in [4.69, 9.17) is 0 Å². The molecule has 0 radical (unpaired) electrons. The molecule has 1 saturated carbocycles. The Hall–Kier alpha value is -1.65. The minimum Gasteiger partial charge on any atom is -0.353 e. The monoisotopic (exact) mass is 229 g/mol. The van der Waals surface area contributed by atoms with Crippen LogP contribution in [0.1, 0.15) is 37.4 Å². The van der Waals surface area contributed by atoms with E-state index < -0.39 is 0 Å². The molecule has 2 fully saturated rings. The van der Waals surface area contributed by atoms with Gasteiger partial charge in [-0.05, 0) is 25.7 Å². The van der Waals surface area contributed by atoms with Crippen LogP contribution in [-0.4, -0.2) is 32.7 Å². The first-order valence-electron chi connectivity index (χ1n) is 6.38. The summed E-state index contributed by atoms with van der Waals surface area (Å²) in [6.45, 7) is 2.19. The Morgan fingerprint density at radius 1 is 1.12 bits per heavy atom. The number of aromatic nitrogens is 4. The summed E-state index contributed by atoms with van der Waals surface area (Å²) in [7, 11) is 0. The average molecular weight is 229 g/mol. The number of hydrogen-bond acceptors (Lipinski definition) is 4. The summed E-state index contributed by atoms with van der Waals surface area (Å²) >= 11 is 0. The Labute approximate surface area is 99.5 Å². The van der Waals surface area contributed by atoms with Gasteiger partial charge in [0.1, 0.15) is 5.82 Å². The van der Waals surface area contributed by atoms with Crippen molar-refractivity contribution >= 4 is 11.5 Å². The summed E-state index contributed by atoms with van der Waals surface area (Å²) < 4.78 is 2.12. The molecule has 0 bridgehead atoms. The maximum atomic E-state index is 4.48. The molecule has 2 aromatic rings. The van der Waals surface area contributed by atoms with Crippen LogP contribution in [0.15, 0.2) is 12.4 Å². The van der Waals surface area contributed by atoms with E-state index in [0.29, 0.717) is 5.92 Å². The van der Waals surface area contributed by atoms with E-state index in [1.54, 1.807) is 0 Å². The second kappa shape index (κ2) is 3.42. The average Bonchev–Trinajstić information content (AvgIpc) is 2.93. The molecule has 4 rings (SSSR count). The van der Waals surface area contributed by atoms with Crippen molar-refractivity contribution in [1.82, 2.24) is 19.6 Å². The molecule has 0 amide bonds. The van der Waals surface area contributed by atoms with Crippen molar-refractivity contribution in [3.8, 4) is 0 Å². The van der Waals surface area contributed by atoms with Crippen molar-refractivity contribution in [3.63, 3.8) is 0 Å². The van der Waals surface area contributed by atoms with E-state index in [0.717, 1.165) is 30.4 Å². The van der Waals surface area contributed by atoms with E-state index in [1.165, 1.54) is 25.7 Å². The Balaban J connectivity index is 1.86. The first-order chi connectivity index (χ1) is 8.43. The second-order valence-electron chi connectivity index (χ2n) is 4.97. The standard InChI is InChI=1S/C12H15N5/c1-2-7-16(6-1)11-12-15-14-10(9-3-4-9)17(12)8-5-13-11/h5,8-9H,1-4,6-7H2. The third-order valence-electron chi connectivity index (χ3n) is 3.68. The highest BCUT2D eigenvalue weighted by atomic mass is 15.3. The van der Waals surface area contributed by atoms with Crippen LogP contribution in [0.3, 0.4) is 0 Å². The second-order valence-corrected chi connectivity index (χ2v) is 4.97. The zero-order valence-corrected chi connectivity index (χ0v) is 9.71. The Morgan fingerprint density at radius 2 is 1.94 bits per heavy atom. The maximum absolute atomic E-state index is 4.48. The highest BCUT2D eigenvalue weighted by molar-refractivity contribution is 5.64. The van der Waals surface area contributed by atoms with Gasteiger partial charge in [0.15, 0.2) is 5.82 Å². The van der Waals surface area contributed by atoms with E-state index in [2.05, 4.69) is 24.5 Å². The zero-order chi connectivity index (χ0) is 11.2. The fourth-order valence-corrected chi connectivity index (χ4v) is 2.60. The molecule has 1 saturated heterocycles. The highest BCUT2D eigenvalue weighted by Gasteiger charge is 2.29. The summed E-state index contributed by atoms with van der Waals surface area (Å²) in [5.74, 6) is 2.74. The van der Waals surface area contributed by atoms with Crippen molar-refractivity contribution in [1.29, 1.82) is 0 Å². The molecule has 0 spiro atoms. The van der Waals surface area contributed by atoms with E-state index in [9.17, 15) is 0 Å². The fourth-order valence-electron chi connectivity index (χ4n) is 2.60. The Morgan fingerprint density at radius 3 is 2.71 bits per heavy atom. The minimum absolute atomic E-state index is 0.624. The Kier molecular flexibility index (Phi) is 1.89. The predicted octanol–water partition coefficient (Wildman–Crippen LogP) is 1.60. The molecule has 5 nitrogen and oxygen atoms in total. The first kappa shape index (κ1) is 9.39. The van der Waals surface area contributed by atoms with Gasteiger partial charge in [-0.1, -0.05) is 0 Å². The zero-order valence-electron chi connectivity index (χ0n) is 9.71. The maximum Gasteiger partial charge on any atom is 0.203 e. The first-order valence-corrected chi connectivity index (χ1v) is 6.38. The molecule has 1 aliphatic heterocycles. The summed E-state index contributed by atoms with van der Waals surface area (Å²) in [6, 6.07) is 0. The lowest BCUT2D eigenvalue weighted by atomic mass is 10.4. The van der Waals surface area contributed by atoms with Gasteiger partial charge in [-0.2, -0.15) is 0 Å². The highest BCUT2D eigenvalue weighted by Crippen LogP contribution is 2.39. The van der Waals surface area contributed by atoms with Gasteiger partial charge in [0.25, 0.3) is 0 Å². The topological polar surface area (TPSA) is 46.3 Å². The van der Waals surface area contributed by atoms with Gasteiger partial charge < -0.3 is 4.90 Å². The van der Waals surface area contributed by atoms with Gasteiger partial charge >= 0.3 is 0 Å². The Bertz CT molecular complexity index is 551. The van der Waals surface area contributed by atoms with Crippen LogP contribution in [-0.2, 0) is 0 Å². The van der Waals surface area contributed by atoms with Crippen molar-refractivity contribution < 1.29 is 0 Å². The van der Waals surface area contributed by atoms with Crippen molar-refractivity contribution in [2.75, 3.05) is 18.0 Å². The SMILES string of the molecule is c1cn2c(C3CC3)nnc2c(N2CCCC2)n1. The van der Waals surface area contributed by atoms with Crippen LogP contribution in [0, 0.1) is 0 Å². The molecular formula is C12H15N5. The van der Waals surface area contributed by atoms with Crippen LogP contribution in [0.5, 0.6) is 0 Å². The van der Waals surface area contributed by atoms with Crippen LogP contribution < -0.4 is 4.90 Å². The van der Waals surface area contributed by atoms with Crippen LogP contribution in [0.25, 0.3) is 5.65 Å². The normalized spacial score (nSPS) is 20.4. The molecule has 1 aliphatic carbocycles. The van der Waals surface area contributed by atoms with Crippen molar-refractivity contribution in [2.45, 2.75) is 31.6 Å². The van der Waals surface area contributed by atoms with Crippen molar-refractivity contribution in [3.05, 3.63) is 18.2 Å². The van der Waals surface area contributed by atoms with Gasteiger partial charge in [-0.25, -0.2) is 4.98 Å². The predicted molar refractivity (Wildman–Crippen MR) is 64.2 cm³/mol.